The molecule has 0 unspecified atom stereocenters. The number of para-hydroxylation sites is 2. The van der Waals surface area contributed by atoms with Crippen molar-refractivity contribution in [3.63, 3.8) is 0 Å². The molecule has 16 heavy (non-hydrogen) atoms. The number of rotatable bonds is 3. The summed E-state index contributed by atoms with van der Waals surface area (Å²) in [4.78, 5) is 4.32. The molecule has 0 aliphatic carbocycles. The summed E-state index contributed by atoms with van der Waals surface area (Å²) in [6.45, 7) is 0.667. The molecule has 0 bridgehead atoms. The van der Waals surface area contributed by atoms with Crippen LogP contribution in [0.4, 0.5) is 0 Å². The summed E-state index contributed by atoms with van der Waals surface area (Å²) in [6, 6.07) is 7.76. The fraction of sp³-hybridized carbons (Fsp3) is 0.222. The molecule has 0 aliphatic heterocycles. The van der Waals surface area contributed by atoms with E-state index in [0.29, 0.717) is 6.54 Å². The number of hydrogen-bond acceptors (Lipinski definition) is 3. The number of hydrogen-bond donors (Lipinski definition) is 1. The molecule has 0 aliphatic rings. The first-order valence-corrected chi connectivity index (χ1v) is 11.1. The van der Waals surface area contributed by atoms with Gasteiger partial charge >= 0.3 is 40.5 Å². The minimum absolute atomic E-state index is 0.472. The van der Waals surface area contributed by atoms with Gasteiger partial charge in [-0.2, -0.15) is 4.98 Å². The van der Waals surface area contributed by atoms with E-state index in [2.05, 4.69) is 4.98 Å². The molecule has 2 rings (SSSR count). The van der Waals surface area contributed by atoms with Crippen LogP contribution in [0.25, 0.3) is 11.1 Å². The minimum atomic E-state index is -0.472. The van der Waals surface area contributed by atoms with Crippen LogP contribution in [0.15, 0.2) is 33.9 Å². The molecule has 0 saturated carbocycles. The molecule has 0 fully saturated rings. The second-order valence-corrected chi connectivity index (χ2v) is 7.11. The molecule has 1 heterocycles. The predicted octanol–water partition coefficient (Wildman–Crippen LogP) is 2.34. The van der Waals surface area contributed by atoms with Crippen LogP contribution >= 0.6 is 18.8 Å². The Kier molecular flexibility index (Phi) is 7.50. The molecule has 7 heteroatoms. The van der Waals surface area contributed by atoms with Crippen molar-refractivity contribution in [2.24, 2.45) is 5.73 Å². The summed E-state index contributed by atoms with van der Waals surface area (Å²) in [6.07, 6.45) is 0. The van der Waals surface area contributed by atoms with Gasteiger partial charge < -0.3 is 10.2 Å². The first kappa shape index (κ1) is 14.3. The first-order chi connectivity index (χ1) is 7.81. The van der Waals surface area contributed by atoms with E-state index in [9.17, 15) is 0 Å². The number of fused-ring (bicyclic) bond motifs is 1. The molecule has 1 aromatic heterocycles. The van der Waals surface area contributed by atoms with Crippen molar-refractivity contribution < 1.29 is 20.9 Å². The number of nitrogens with two attached hydrogens (primary N) is 1. The fourth-order valence-electron chi connectivity index (χ4n) is 1.09. The van der Waals surface area contributed by atoms with Crippen LogP contribution < -0.4 is 5.73 Å². The van der Waals surface area contributed by atoms with Crippen molar-refractivity contribution in [2.45, 2.75) is 5.22 Å². The molecule has 0 atom stereocenters. The second-order valence-electron chi connectivity index (χ2n) is 2.68. The van der Waals surface area contributed by atoms with Gasteiger partial charge in [-0.15, -0.1) is 0 Å². The molecule has 3 nitrogen and oxygen atoms in total. The van der Waals surface area contributed by atoms with Gasteiger partial charge in [0.05, 0.1) is 11.8 Å². The van der Waals surface area contributed by atoms with Gasteiger partial charge in [0.2, 0.25) is 0 Å². The Bertz CT molecular complexity index is 394. The third kappa shape index (κ3) is 4.64. The van der Waals surface area contributed by atoms with Gasteiger partial charge in [0.25, 0.3) is 0 Å². The van der Waals surface area contributed by atoms with Crippen molar-refractivity contribution in [2.75, 3.05) is 12.3 Å². The van der Waals surface area contributed by atoms with Crippen molar-refractivity contribution in [3.05, 3.63) is 24.3 Å². The SMILES string of the molecule is NCC[SH+]c1nc2ccccc2o1.[Cl][Pt][Cl]. The van der Waals surface area contributed by atoms with Crippen molar-refractivity contribution in [1.29, 1.82) is 0 Å². The van der Waals surface area contributed by atoms with E-state index < -0.39 is 16.5 Å². The predicted molar refractivity (Wildman–Crippen MR) is 66.7 cm³/mol. The number of thiol groups is 1. The van der Waals surface area contributed by atoms with Crippen LogP contribution in [0.1, 0.15) is 0 Å². The topological polar surface area (TPSA) is 52.0 Å². The molecule has 0 radical (unpaired) electrons. The fourth-order valence-corrected chi connectivity index (χ4v) is 1.75. The Labute approximate surface area is 114 Å². The van der Waals surface area contributed by atoms with E-state index in [1.54, 1.807) is 0 Å². The van der Waals surface area contributed by atoms with Gasteiger partial charge in [-0.25, -0.2) is 0 Å². The standard InChI is InChI=1S/C9H10N2OS.2ClH.Pt/c10-5-6-13-9-11-7-3-1-2-4-8(7)12-9;;;/h1-4H,5-6,10H2;2*1H;/q;;;+2/p-1. The Balaban J connectivity index is 0.000000386. The summed E-state index contributed by atoms with van der Waals surface area (Å²) in [5, 5.41) is 0.756. The number of oxazole rings is 1. The van der Waals surface area contributed by atoms with Crippen LogP contribution in [0.3, 0.4) is 0 Å². The summed E-state index contributed by atoms with van der Waals surface area (Å²) >= 11 is 0.592. The normalized spacial score (nSPS) is 10.2. The Morgan fingerprint density at radius 1 is 1.38 bits per heavy atom. The number of aromatic nitrogens is 1. The zero-order valence-electron chi connectivity index (χ0n) is 8.18. The molecular weight excluding hydrogens is 450 g/mol. The number of benzene rings is 1. The summed E-state index contributed by atoms with van der Waals surface area (Å²) < 4.78 is 5.49. The van der Waals surface area contributed by atoms with E-state index in [1.807, 2.05) is 24.3 Å². The zero-order valence-corrected chi connectivity index (χ0v) is 12.9. The van der Waals surface area contributed by atoms with Crippen molar-refractivity contribution >= 4 is 41.7 Å². The van der Waals surface area contributed by atoms with Crippen molar-refractivity contribution in [3.8, 4) is 0 Å². The van der Waals surface area contributed by atoms with Gasteiger partial charge in [0.1, 0.15) is 11.3 Å². The molecular formula is C9H11Cl2N2OPtS+. The van der Waals surface area contributed by atoms with Crippen molar-refractivity contribution in [1.82, 2.24) is 4.98 Å². The number of halogens is 2. The maximum absolute atomic E-state index is 5.49. The average molecular weight is 461 g/mol. The quantitative estimate of drug-likeness (QED) is 0.564. The molecule has 2 N–H and O–H groups in total. The van der Waals surface area contributed by atoms with Gasteiger partial charge in [0, 0.05) is 6.54 Å². The monoisotopic (exact) mass is 460 g/mol. The van der Waals surface area contributed by atoms with E-state index in [4.69, 9.17) is 29.0 Å². The van der Waals surface area contributed by atoms with Gasteiger partial charge in [-0.05, 0) is 12.1 Å². The average Bonchev–Trinajstić information content (AvgIpc) is 2.70. The molecule has 92 valence electrons. The van der Waals surface area contributed by atoms with Crippen LogP contribution in [0, 0.1) is 0 Å². The van der Waals surface area contributed by atoms with Crippen LogP contribution in [-0.4, -0.2) is 17.3 Å². The molecule has 0 spiro atoms. The van der Waals surface area contributed by atoms with E-state index >= 15 is 0 Å². The Morgan fingerprint density at radius 2 is 2.06 bits per heavy atom. The molecule has 0 saturated heterocycles. The van der Waals surface area contributed by atoms with Crippen LogP contribution in [-0.2, 0) is 28.2 Å². The van der Waals surface area contributed by atoms with Gasteiger partial charge in [-0.1, -0.05) is 12.1 Å². The summed E-state index contributed by atoms with van der Waals surface area (Å²) in [5.74, 6) is 0.896. The molecule has 1 aromatic carbocycles. The summed E-state index contributed by atoms with van der Waals surface area (Å²) in [5.41, 5.74) is 7.16. The van der Waals surface area contributed by atoms with Gasteiger partial charge in [0.15, 0.2) is 5.58 Å². The third-order valence-electron chi connectivity index (χ3n) is 1.66. The second kappa shape index (κ2) is 8.37. The van der Waals surface area contributed by atoms with Crippen LogP contribution in [0.5, 0.6) is 0 Å². The van der Waals surface area contributed by atoms with Gasteiger partial charge in [-0.3, -0.25) is 0 Å². The molecule has 0 amide bonds. The summed E-state index contributed by atoms with van der Waals surface area (Å²) in [7, 11) is 9.75. The Morgan fingerprint density at radius 3 is 2.69 bits per heavy atom. The van der Waals surface area contributed by atoms with E-state index in [-0.39, 0.29) is 0 Å². The molecule has 2 aromatic rings. The van der Waals surface area contributed by atoms with E-state index in [1.165, 1.54) is 0 Å². The first-order valence-electron chi connectivity index (χ1n) is 4.37. The Hall–Kier alpha value is 0.268. The van der Waals surface area contributed by atoms with Crippen LogP contribution in [0.2, 0.25) is 0 Å². The van der Waals surface area contributed by atoms with E-state index in [0.717, 1.165) is 33.8 Å². The third-order valence-corrected chi connectivity index (χ3v) is 2.60. The maximum atomic E-state index is 5.49. The zero-order chi connectivity index (χ0) is 11.8. The number of nitrogens with zero attached hydrogens (tertiary/aromatic N) is 1.